The molecule has 0 saturated heterocycles. The molecule has 5 aromatic heterocycles. The Morgan fingerprint density at radius 3 is 1.15 bits per heavy atom. The lowest BCUT2D eigenvalue weighted by Crippen LogP contribution is -1.98. The summed E-state index contributed by atoms with van der Waals surface area (Å²) in [6.45, 7) is 14.0. The zero-order valence-corrected chi connectivity index (χ0v) is 57.5. The maximum absolute atomic E-state index is 5.90. The molecule has 0 saturated carbocycles. The predicted molar refractivity (Wildman–Crippen MR) is 388 cm³/mol. The Morgan fingerprint density at radius 2 is 0.698 bits per heavy atom. The van der Waals surface area contributed by atoms with Crippen molar-refractivity contribution in [1.29, 1.82) is 0 Å². The standard InChI is InChI=1S/C80H106N2S4/c1-7-11-15-19-23-25-27-29-31-37-49-63-56-71(84-60(63)6)67-53-54-68(77-76(67)81-74(61-45-39-35-40-46-61)75(82-77)62-47-41-36-42-48-62)72-57-64(50-38-32-30-28-26-24-20-16-12-8-2)78(85-72)73-58-70-66(52-44-34-22-18-14-10-4)65(51-43-33-21-17-13-9-3)69-55-59(5)83-79(69)80(70)86-73/h35-36,39-42,45-48,53-58H,7-34,37-38,43-44,49-52H2,1-6H3. The molecule has 6 heteroatoms. The van der Waals surface area contributed by atoms with Crippen LogP contribution in [0.2, 0.25) is 0 Å². The molecule has 0 bridgehead atoms. The minimum atomic E-state index is 0.947. The third kappa shape index (κ3) is 18.1. The van der Waals surface area contributed by atoms with E-state index in [9.17, 15) is 0 Å². The molecule has 86 heavy (non-hydrogen) atoms. The number of rotatable bonds is 41. The zero-order chi connectivity index (χ0) is 59.7. The van der Waals surface area contributed by atoms with E-state index in [0.29, 0.717) is 0 Å². The minimum Gasteiger partial charge on any atom is -0.243 e. The van der Waals surface area contributed by atoms with Crippen LogP contribution in [0.1, 0.15) is 265 Å². The van der Waals surface area contributed by atoms with E-state index in [-0.39, 0.29) is 0 Å². The minimum absolute atomic E-state index is 0.947. The van der Waals surface area contributed by atoms with Gasteiger partial charge in [0, 0.05) is 51.5 Å². The summed E-state index contributed by atoms with van der Waals surface area (Å²) < 4.78 is 3.06. The SMILES string of the molecule is CCCCCCCCCCCCc1cc(-c2ccc(-c3cc(CCCCCCCCCCCC)c(-c4cc5c(CCCCCCCC)c(CCCCCCCC)c6cc(C)sc6c5s4)s3)c3nc(-c4ccccc4)c(-c4ccccc4)nc23)sc1C. The quantitative estimate of drug-likeness (QED) is 0.0357. The van der Waals surface area contributed by atoms with Crippen molar-refractivity contribution in [2.45, 2.75) is 273 Å². The summed E-state index contributed by atoms with van der Waals surface area (Å²) in [5.41, 5.74) is 14.9. The summed E-state index contributed by atoms with van der Waals surface area (Å²) in [7, 11) is 0. The highest BCUT2D eigenvalue weighted by Gasteiger charge is 2.25. The Hall–Kier alpha value is -4.46. The second-order valence-corrected chi connectivity index (χ2v) is 30.1. The average Bonchev–Trinajstić information content (AvgIpc) is 3.02. The molecule has 0 spiro atoms. The Bertz CT molecular complexity index is 3420. The van der Waals surface area contributed by atoms with Crippen LogP contribution in [0.3, 0.4) is 0 Å². The number of hydrogen-bond donors (Lipinski definition) is 0. The van der Waals surface area contributed by atoms with Crippen molar-refractivity contribution in [3.8, 4) is 53.2 Å². The summed E-state index contributed by atoms with van der Waals surface area (Å²) in [5.74, 6) is 0. The summed E-state index contributed by atoms with van der Waals surface area (Å²) in [6.07, 6.45) is 47.7. The molecule has 2 nitrogen and oxygen atoms in total. The van der Waals surface area contributed by atoms with Gasteiger partial charge in [-0.2, -0.15) is 0 Å². The summed E-state index contributed by atoms with van der Waals surface area (Å²) in [5, 5.41) is 3.11. The van der Waals surface area contributed by atoms with E-state index < -0.39 is 0 Å². The molecule has 0 unspecified atom stereocenters. The maximum atomic E-state index is 5.90. The van der Waals surface area contributed by atoms with Gasteiger partial charge in [0.05, 0.1) is 31.8 Å². The van der Waals surface area contributed by atoms with Crippen LogP contribution in [-0.4, -0.2) is 9.97 Å². The Labute approximate surface area is 537 Å². The fourth-order valence-corrected chi connectivity index (χ4v) is 18.3. The molecule has 9 aromatic rings. The second kappa shape index (κ2) is 35.7. The number of fused-ring (bicyclic) bond motifs is 4. The second-order valence-electron chi connectivity index (χ2n) is 25.5. The first-order chi connectivity index (χ1) is 42.4. The molecule has 4 aromatic carbocycles. The van der Waals surface area contributed by atoms with Gasteiger partial charge in [-0.25, -0.2) is 9.97 Å². The lowest BCUT2D eigenvalue weighted by atomic mass is 9.91. The largest absolute Gasteiger partial charge is 0.243 e. The Balaban J connectivity index is 1.13. The van der Waals surface area contributed by atoms with E-state index in [2.05, 4.69) is 150 Å². The average molecular weight is 1220 g/mol. The van der Waals surface area contributed by atoms with Crippen LogP contribution in [0, 0.1) is 13.8 Å². The Kier molecular flexibility index (Phi) is 27.4. The highest BCUT2D eigenvalue weighted by Crippen LogP contribution is 2.50. The lowest BCUT2D eigenvalue weighted by Gasteiger charge is -2.15. The molecule has 0 aliphatic rings. The number of thiophene rings is 4. The van der Waals surface area contributed by atoms with Crippen molar-refractivity contribution in [3.05, 3.63) is 129 Å². The molecular formula is C80H106N2S4. The van der Waals surface area contributed by atoms with Crippen LogP contribution < -0.4 is 0 Å². The van der Waals surface area contributed by atoms with Gasteiger partial charge in [0.25, 0.3) is 0 Å². The van der Waals surface area contributed by atoms with E-state index in [1.165, 1.54) is 279 Å². The number of unbranched alkanes of at least 4 members (excludes halogenated alkanes) is 28. The van der Waals surface area contributed by atoms with Crippen LogP contribution in [0.5, 0.6) is 0 Å². The van der Waals surface area contributed by atoms with Gasteiger partial charge in [-0.3, -0.25) is 0 Å². The fourth-order valence-electron chi connectivity index (χ4n) is 13.5. The molecule has 0 aliphatic carbocycles. The monoisotopic (exact) mass is 1220 g/mol. The van der Waals surface area contributed by atoms with Crippen LogP contribution in [-0.2, 0) is 25.7 Å². The summed E-state index contributed by atoms with van der Waals surface area (Å²) in [6, 6.07) is 36.9. The molecule has 0 fully saturated rings. The number of aromatic nitrogens is 2. The molecule has 0 aliphatic heterocycles. The van der Waals surface area contributed by atoms with Crippen molar-refractivity contribution < 1.29 is 0 Å². The first-order valence-corrected chi connectivity index (χ1v) is 38.3. The van der Waals surface area contributed by atoms with Crippen LogP contribution in [0.4, 0.5) is 0 Å². The normalized spacial score (nSPS) is 11.9. The van der Waals surface area contributed by atoms with Crippen molar-refractivity contribution in [3.63, 3.8) is 0 Å². The Morgan fingerprint density at radius 1 is 0.326 bits per heavy atom. The van der Waals surface area contributed by atoms with E-state index in [1.807, 2.05) is 34.0 Å². The van der Waals surface area contributed by atoms with Crippen LogP contribution in [0.15, 0.2) is 97.1 Å². The lowest BCUT2D eigenvalue weighted by molar-refractivity contribution is 0.556. The van der Waals surface area contributed by atoms with Crippen molar-refractivity contribution in [2.75, 3.05) is 0 Å². The topological polar surface area (TPSA) is 25.8 Å². The van der Waals surface area contributed by atoms with Crippen molar-refractivity contribution in [2.24, 2.45) is 0 Å². The molecule has 0 atom stereocenters. The van der Waals surface area contributed by atoms with E-state index in [1.54, 1.807) is 21.9 Å². The molecule has 0 radical (unpaired) electrons. The summed E-state index contributed by atoms with van der Waals surface area (Å²) >= 11 is 8.13. The smallest absolute Gasteiger partial charge is 0.0988 e. The number of benzene rings is 4. The molecule has 5 heterocycles. The van der Waals surface area contributed by atoms with Crippen molar-refractivity contribution >= 4 is 76.6 Å². The van der Waals surface area contributed by atoms with E-state index >= 15 is 0 Å². The fraction of sp³-hybridized carbons (Fsp3) is 0.525. The highest BCUT2D eigenvalue weighted by molar-refractivity contribution is 7.31. The van der Waals surface area contributed by atoms with Gasteiger partial charge >= 0.3 is 0 Å². The van der Waals surface area contributed by atoms with E-state index in [0.717, 1.165) is 46.4 Å². The third-order valence-corrected chi connectivity index (χ3v) is 23.3. The van der Waals surface area contributed by atoms with Gasteiger partial charge in [0.2, 0.25) is 0 Å². The highest BCUT2D eigenvalue weighted by atomic mass is 32.1. The molecular weight excluding hydrogens is 1120 g/mol. The number of hydrogen-bond acceptors (Lipinski definition) is 6. The van der Waals surface area contributed by atoms with E-state index in [4.69, 9.17) is 9.97 Å². The van der Waals surface area contributed by atoms with Gasteiger partial charge in [-0.1, -0.05) is 280 Å². The van der Waals surface area contributed by atoms with Gasteiger partial charge in [-0.15, -0.1) is 45.3 Å². The van der Waals surface area contributed by atoms with Crippen molar-refractivity contribution in [1.82, 2.24) is 9.97 Å². The molecule has 9 rings (SSSR count). The van der Waals surface area contributed by atoms with Gasteiger partial charge in [0.1, 0.15) is 0 Å². The molecule has 0 N–H and O–H groups in total. The molecule has 0 amide bonds. The van der Waals surface area contributed by atoms with Gasteiger partial charge in [-0.05, 0) is 123 Å². The summed E-state index contributed by atoms with van der Waals surface area (Å²) in [4.78, 5) is 20.2. The zero-order valence-electron chi connectivity index (χ0n) is 54.2. The first-order valence-electron chi connectivity index (χ1n) is 35.1. The predicted octanol–water partition coefficient (Wildman–Crippen LogP) is 27.9. The molecule has 460 valence electrons. The maximum Gasteiger partial charge on any atom is 0.0988 e. The van der Waals surface area contributed by atoms with Crippen LogP contribution in [0.25, 0.3) is 84.4 Å². The van der Waals surface area contributed by atoms with Gasteiger partial charge in [0.15, 0.2) is 0 Å². The van der Waals surface area contributed by atoms with Crippen LogP contribution >= 0.6 is 45.3 Å². The number of nitrogens with zero attached hydrogens (tertiary/aromatic N) is 2. The van der Waals surface area contributed by atoms with Gasteiger partial charge < -0.3 is 0 Å². The first kappa shape index (κ1) is 66.0. The third-order valence-electron chi connectivity index (χ3n) is 18.5. The number of aryl methyl sites for hydroxylation is 6.